The number of carbonyl (C=O) groups is 2. The van der Waals surface area contributed by atoms with Gasteiger partial charge in [-0.25, -0.2) is 9.65 Å². The van der Waals surface area contributed by atoms with Crippen LogP contribution in [0.2, 0.25) is 0 Å². The number of ether oxygens (including phenoxy) is 3. The van der Waals surface area contributed by atoms with Crippen molar-refractivity contribution in [1.29, 1.82) is 0 Å². The molecule has 164 valence electrons. The highest BCUT2D eigenvalue weighted by molar-refractivity contribution is 6.21. The maximum atomic E-state index is 13.8. The van der Waals surface area contributed by atoms with Gasteiger partial charge in [0.05, 0.1) is 24.3 Å². The molecule has 1 fully saturated rings. The Hall–Kier alpha value is -2.89. The number of hydrogen-bond donors (Lipinski definition) is 1. The second kappa shape index (κ2) is 9.50. The van der Waals surface area contributed by atoms with Gasteiger partial charge < -0.3 is 19.1 Å². The standard InChI is InChI=1S/C21H20FNO8/c22-17-10-13(6-7-18(17)30-31-26)21-28-11-14(12-29-21)27-9-3-8-23-19(24)15-4-1-2-5-16(15)20(23)25/h1-2,4-7,10,14,21,26H,3,8-9,11-12H2. The summed E-state index contributed by atoms with van der Waals surface area (Å²) in [5.74, 6) is -1.60. The minimum Gasteiger partial charge on any atom is -0.373 e. The highest BCUT2D eigenvalue weighted by atomic mass is 19.1. The molecule has 0 saturated carbocycles. The van der Waals surface area contributed by atoms with Crippen LogP contribution in [0.4, 0.5) is 4.39 Å². The Morgan fingerprint density at radius 3 is 2.35 bits per heavy atom. The first kappa shape index (κ1) is 21.3. The molecule has 2 aliphatic heterocycles. The summed E-state index contributed by atoms with van der Waals surface area (Å²) in [5, 5.41) is 11.7. The van der Waals surface area contributed by atoms with Crippen LogP contribution in [0, 0.1) is 5.82 Å². The first-order valence-electron chi connectivity index (χ1n) is 9.66. The van der Waals surface area contributed by atoms with Gasteiger partial charge in [0.1, 0.15) is 6.10 Å². The SMILES string of the molecule is O=C1c2ccccc2C(=O)N1CCCOC1COC(c2ccc(OOO)c(F)c2)OC1. The van der Waals surface area contributed by atoms with Crippen LogP contribution in [0.3, 0.4) is 0 Å². The minimum absolute atomic E-state index is 0.233. The molecule has 2 amide bonds. The maximum absolute atomic E-state index is 13.8. The molecule has 2 aromatic rings. The van der Waals surface area contributed by atoms with E-state index >= 15 is 0 Å². The van der Waals surface area contributed by atoms with Gasteiger partial charge in [0, 0.05) is 18.7 Å². The summed E-state index contributed by atoms with van der Waals surface area (Å²) in [6.07, 6.45) is -0.615. The van der Waals surface area contributed by atoms with Crippen molar-refractivity contribution in [1.82, 2.24) is 4.90 Å². The molecule has 4 rings (SSSR count). The number of carbonyl (C=O) groups excluding carboxylic acids is 2. The van der Waals surface area contributed by atoms with Crippen molar-refractivity contribution in [3.63, 3.8) is 0 Å². The zero-order valence-electron chi connectivity index (χ0n) is 16.4. The van der Waals surface area contributed by atoms with Crippen molar-refractivity contribution in [3.8, 4) is 5.75 Å². The average Bonchev–Trinajstić information content (AvgIpc) is 3.03. The van der Waals surface area contributed by atoms with Gasteiger partial charge in [-0.2, -0.15) is 0 Å². The van der Waals surface area contributed by atoms with Gasteiger partial charge in [0.25, 0.3) is 11.8 Å². The Bertz CT molecular complexity index is 925. The number of hydrogen-bond acceptors (Lipinski definition) is 8. The van der Waals surface area contributed by atoms with Crippen LogP contribution in [-0.2, 0) is 19.2 Å². The lowest BCUT2D eigenvalue weighted by Crippen LogP contribution is -2.35. The van der Waals surface area contributed by atoms with E-state index in [0.717, 1.165) is 6.07 Å². The number of nitrogens with zero attached hydrogens (tertiary/aromatic N) is 1. The summed E-state index contributed by atoms with van der Waals surface area (Å²) in [6.45, 7) is 1.04. The maximum Gasteiger partial charge on any atom is 0.261 e. The molecule has 0 radical (unpaired) electrons. The first-order valence-corrected chi connectivity index (χ1v) is 9.66. The summed E-state index contributed by atoms with van der Waals surface area (Å²) >= 11 is 0. The predicted molar refractivity (Wildman–Crippen MR) is 102 cm³/mol. The molecule has 0 aromatic heterocycles. The van der Waals surface area contributed by atoms with Crippen LogP contribution in [-0.4, -0.2) is 54.4 Å². The smallest absolute Gasteiger partial charge is 0.261 e. The summed E-state index contributed by atoms with van der Waals surface area (Å²) < 4.78 is 30.7. The lowest BCUT2D eigenvalue weighted by Gasteiger charge is -2.29. The largest absolute Gasteiger partial charge is 0.373 e. The molecule has 31 heavy (non-hydrogen) atoms. The molecule has 0 bridgehead atoms. The number of halogens is 1. The van der Waals surface area contributed by atoms with Gasteiger partial charge in [-0.05, 0) is 41.8 Å². The number of benzene rings is 2. The van der Waals surface area contributed by atoms with Gasteiger partial charge in [-0.15, -0.1) is 0 Å². The minimum atomic E-state index is -0.767. The highest BCUT2D eigenvalue weighted by Crippen LogP contribution is 2.28. The lowest BCUT2D eigenvalue weighted by molar-refractivity contribution is -0.439. The molecule has 2 aliphatic rings. The lowest BCUT2D eigenvalue weighted by atomic mass is 10.1. The molecule has 9 nitrogen and oxygen atoms in total. The third kappa shape index (κ3) is 4.58. The quantitative estimate of drug-likeness (QED) is 0.293. The van der Waals surface area contributed by atoms with Crippen LogP contribution in [0.1, 0.15) is 39.0 Å². The monoisotopic (exact) mass is 433 g/mol. The van der Waals surface area contributed by atoms with Crippen LogP contribution in [0.5, 0.6) is 5.75 Å². The number of rotatable bonds is 8. The Morgan fingerprint density at radius 2 is 1.74 bits per heavy atom. The van der Waals surface area contributed by atoms with E-state index < -0.39 is 12.1 Å². The number of imide groups is 1. The molecule has 0 spiro atoms. The average molecular weight is 433 g/mol. The van der Waals surface area contributed by atoms with Crippen molar-refractivity contribution in [3.05, 3.63) is 65.0 Å². The van der Waals surface area contributed by atoms with Gasteiger partial charge in [0.15, 0.2) is 12.1 Å². The van der Waals surface area contributed by atoms with E-state index in [9.17, 15) is 14.0 Å². The van der Waals surface area contributed by atoms with E-state index in [2.05, 4.69) is 9.93 Å². The summed E-state index contributed by atoms with van der Waals surface area (Å²) in [7, 11) is 0. The van der Waals surface area contributed by atoms with Gasteiger partial charge >= 0.3 is 0 Å². The fourth-order valence-corrected chi connectivity index (χ4v) is 3.46. The molecule has 0 unspecified atom stereocenters. The van der Waals surface area contributed by atoms with Gasteiger partial charge in [-0.1, -0.05) is 12.1 Å². The van der Waals surface area contributed by atoms with Crippen molar-refractivity contribution < 1.29 is 43.4 Å². The third-order valence-electron chi connectivity index (χ3n) is 4.98. The summed E-state index contributed by atoms with van der Waals surface area (Å²) in [6, 6.07) is 10.7. The predicted octanol–water partition coefficient (Wildman–Crippen LogP) is 2.73. The summed E-state index contributed by atoms with van der Waals surface area (Å²) in [5.41, 5.74) is 1.29. The molecule has 2 aromatic carbocycles. The van der Waals surface area contributed by atoms with E-state index in [-0.39, 0.29) is 43.4 Å². The topological polar surface area (TPSA) is 104 Å². The van der Waals surface area contributed by atoms with E-state index in [1.54, 1.807) is 24.3 Å². The van der Waals surface area contributed by atoms with Crippen molar-refractivity contribution in [2.45, 2.75) is 18.8 Å². The molecule has 0 aliphatic carbocycles. The highest BCUT2D eigenvalue weighted by Gasteiger charge is 2.34. The van der Waals surface area contributed by atoms with Crippen molar-refractivity contribution in [2.24, 2.45) is 0 Å². The molecular weight excluding hydrogens is 413 g/mol. The van der Waals surface area contributed by atoms with E-state index in [0.29, 0.717) is 29.7 Å². The van der Waals surface area contributed by atoms with Crippen LogP contribution >= 0.6 is 0 Å². The molecule has 0 atom stereocenters. The number of fused-ring (bicyclic) bond motifs is 1. The van der Waals surface area contributed by atoms with Gasteiger partial charge in [-0.3, -0.25) is 14.5 Å². The van der Waals surface area contributed by atoms with Crippen molar-refractivity contribution in [2.75, 3.05) is 26.4 Å². The molecular formula is C21H20FNO8. The molecule has 1 N–H and O–H groups in total. The third-order valence-corrected chi connectivity index (χ3v) is 4.98. The fraction of sp³-hybridized carbons (Fsp3) is 0.333. The first-order chi connectivity index (χ1) is 15.1. The zero-order valence-corrected chi connectivity index (χ0v) is 16.4. The van der Waals surface area contributed by atoms with Crippen LogP contribution < -0.4 is 4.89 Å². The van der Waals surface area contributed by atoms with E-state index in [1.807, 2.05) is 0 Å². The van der Waals surface area contributed by atoms with E-state index in [4.69, 9.17) is 19.5 Å². The Morgan fingerprint density at radius 1 is 1.06 bits per heavy atom. The second-order valence-corrected chi connectivity index (χ2v) is 7.00. The van der Waals surface area contributed by atoms with Crippen LogP contribution in [0.25, 0.3) is 0 Å². The fourth-order valence-electron chi connectivity index (χ4n) is 3.46. The molecule has 10 heteroatoms. The second-order valence-electron chi connectivity index (χ2n) is 7.00. The Labute approximate surface area is 176 Å². The van der Waals surface area contributed by atoms with E-state index in [1.165, 1.54) is 17.0 Å². The van der Waals surface area contributed by atoms with Crippen LogP contribution in [0.15, 0.2) is 42.5 Å². The van der Waals surface area contributed by atoms with Gasteiger partial charge in [0.2, 0.25) is 5.75 Å². The molecule has 1 saturated heterocycles. The molecule has 2 heterocycles. The number of amides is 2. The Kier molecular flexibility index (Phi) is 6.54. The normalized spacial score (nSPS) is 20.8. The summed E-state index contributed by atoms with van der Waals surface area (Å²) in [4.78, 5) is 30.1. The Balaban J connectivity index is 1.20. The van der Waals surface area contributed by atoms with Crippen molar-refractivity contribution >= 4 is 11.8 Å². The zero-order chi connectivity index (χ0) is 21.8.